The van der Waals surface area contributed by atoms with Gasteiger partial charge in [0.15, 0.2) is 5.96 Å². The Morgan fingerprint density at radius 3 is 2.56 bits per heavy atom. The molecule has 0 aromatic heterocycles. The summed E-state index contributed by atoms with van der Waals surface area (Å²) in [5.74, 6) is -0.550. The maximum atomic E-state index is 13.0. The molecule has 2 aromatic rings. The van der Waals surface area contributed by atoms with Crippen LogP contribution in [0.15, 0.2) is 58.4 Å². The summed E-state index contributed by atoms with van der Waals surface area (Å²) in [5, 5.41) is 18.5. The molecule has 1 amide bonds. The number of methoxy groups -OCH3 is 1. The third-order valence-corrected chi connectivity index (χ3v) is 8.04. The van der Waals surface area contributed by atoms with Crippen molar-refractivity contribution < 1.29 is 27.9 Å². The number of nitrogens with zero attached hydrogens (tertiary/aromatic N) is 2. The molecule has 2 heterocycles. The number of carboxylic acids is 1. The van der Waals surface area contributed by atoms with Crippen molar-refractivity contribution in [1.29, 1.82) is 0 Å². The van der Waals surface area contributed by atoms with E-state index in [-0.39, 0.29) is 10.5 Å². The molecule has 210 valence electrons. The van der Waals surface area contributed by atoms with Crippen LogP contribution in [0.2, 0.25) is 0 Å². The van der Waals surface area contributed by atoms with Gasteiger partial charge in [0.05, 0.1) is 24.1 Å². The van der Waals surface area contributed by atoms with Gasteiger partial charge in [-0.05, 0) is 49.6 Å². The molecule has 0 saturated carbocycles. The number of carboxylic acid groups (broad SMARTS) is 1. The van der Waals surface area contributed by atoms with E-state index in [1.54, 1.807) is 36.4 Å². The van der Waals surface area contributed by atoms with Crippen LogP contribution in [0.3, 0.4) is 0 Å². The minimum atomic E-state index is -4.06. The number of benzene rings is 2. The average molecular weight is 559 g/mol. The Morgan fingerprint density at radius 1 is 1.18 bits per heavy atom. The lowest BCUT2D eigenvalue weighted by atomic mass is 10.0. The summed E-state index contributed by atoms with van der Waals surface area (Å²) in [7, 11) is -2.54. The van der Waals surface area contributed by atoms with Crippen LogP contribution in [0.1, 0.15) is 36.0 Å². The molecule has 0 aliphatic carbocycles. The Hall–Kier alpha value is -3.84. The van der Waals surface area contributed by atoms with Crippen molar-refractivity contribution in [3.05, 3.63) is 54.1 Å². The van der Waals surface area contributed by atoms with Crippen LogP contribution >= 0.6 is 0 Å². The van der Waals surface area contributed by atoms with Crippen LogP contribution in [0.5, 0.6) is 5.75 Å². The third kappa shape index (κ3) is 7.60. The Morgan fingerprint density at radius 2 is 1.92 bits per heavy atom. The molecule has 1 atom stereocenters. The van der Waals surface area contributed by atoms with E-state index in [0.29, 0.717) is 11.8 Å². The second kappa shape index (κ2) is 12.8. The SMILES string of the molecule is COc1cc(C(=O)NC(CC(=O)O)NS(=O)(=O)c2ccccc2)ccc1N1CCC(NC2=NCCCN2)CC1. The molecule has 1 saturated heterocycles. The zero-order chi connectivity index (χ0) is 27.8. The quantitative estimate of drug-likeness (QED) is 0.269. The lowest BCUT2D eigenvalue weighted by Gasteiger charge is -2.35. The fourth-order valence-corrected chi connectivity index (χ4v) is 5.73. The van der Waals surface area contributed by atoms with Gasteiger partial charge < -0.3 is 30.7 Å². The standard InChI is InChI=1S/C26H34N6O6S/c1-38-22-16-18(8-9-21(22)32-14-10-19(11-15-32)29-26-27-12-5-13-28-26)25(35)30-23(17-24(33)34)31-39(36,37)20-6-3-2-4-7-20/h2-4,6-9,16,19,23,31H,5,10-15,17H2,1H3,(H,30,35)(H,33,34)(H2,27,28,29). The van der Waals surface area contributed by atoms with E-state index >= 15 is 0 Å². The lowest BCUT2D eigenvalue weighted by molar-refractivity contribution is -0.137. The van der Waals surface area contributed by atoms with Gasteiger partial charge in [-0.25, -0.2) is 8.42 Å². The van der Waals surface area contributed by atoms with Crippen molar-refractivity contribution in [2.24, 2.45) is 4.99 Å². The number of aliphatic imine (C=N–C) groups is 1. The minimum absolute atomic E-state index is 0.0392. The summed E-state index contributed by atoms with van der Waals surface area (Å²) < 4.78 is 33.2. The van der Waals surface area contributed by atoms with Gasteiger partial charge in [0, 0.05) is 37.8 Å². The molecule has 0 radical (unpaired) electrons. The Kier molecular flexibility index (Phi) is 9.25. The number of ether oxygens (including phenoxy) is 1. The zero-order valence-corrected chi connectivity index (χ0v) is 22.5. The van der Waals surface area contributed by atoms with Crippen LogP contribution in [0.4, 0.5) is 5.69 Å². The van der Waals surface area contributed by atoms with Crippen LogP contribution in [-0.4, -0.2) is 76.9 Å². The first-order valence-corrected chi connectivity index (χ1v) is 14.3. The van der Waals surface area contributed by atoms with E-state index in [1.807, 2.05) is 0 Å². The predicted octanol–water partition coefficient (Wildman–Crippen LogP) is 1.11. The monoisotopic (exact) mass is 558 g/mol. The van der Waals surface area contributed by atoms with E-state index < -0.39 is 34.5 Å². The first kappa shape index (κ1) is 28.2. The van der Waals surface area contributed by atoms with Gasteiger partial charge in [0.2, 0.25) is 10.0 Å². The molecule has 12 nitrogen and oxygen atoms in total. The smallest absolute Gasteiger partial charge is 0.306 e. The van der Waals surface area contributed by atoms with Crippen LogP contribution < -0.4 is 30.3 Å². The summed E-state index contributed by atoms with van der Waals surface area (Å²) in [4.78, 5) is 31.0. The van der Waals surface area contributed by atoms with Crippen LogP contribution in [0, 0.1) is 0 Å². The average Bonchev–Trinajstić information content (AvgIpc) is 2.93. The summed E-state index contributed by atoms with van der Waals surface area (Å²) in [6, 6.07) is 12.8. The number of aliphatic carboxylic acids is 1. The van der Waals surface area contributed by atoms with Crippen molar-refractivity contribution in [3.63, 3.8) is 0 Å². The molecule has 2 aromatic carbocycles. The van der Waals surface area contributed by atoms with Crippen molar-refractivity contribution >= 4 is 33.5 Å². The number of piperidine rings is 1. The molecular weight excluding hydrogens is 524 g/mol. The van der Waals surface area contributed by atoms with Gasteiger partial charge in [-0.2, -0.15) is 4.72 Å². The number of hydrogen-bond acceptors (Lipinski definition) is 9. The molecule has 5 N–H and O–H groups in total. The van der Waals surface area contributed by atoms with E-state index in [9.17, 15) is 23.1 Å². The van der Waals surface area contributed by atoms with Gasteiger partial charge in [-0.15, -0.1) is 0 Å². The summed E-state index contributed by atoms with van der Waals surface area (Å²) >= 11 is 0. The molecule has 1 fully saturated rings. The molecule has 4 rings (SSSR count). The summed E-state index contributed by atoms with van der Waals surface area (Å²) in [5.41, 5.74) is 1.05. The predicted molar refractivity (Wildman–Crippen MR) is 147 cm³/mol. The topological polar surface area (TPSA) is 161 Å². The van der Waals surface area contributed by atoms with Crippen molar-refractivity contribution in [2.75, 3.05) is 38.2 Å². The van der Waals surface area contributed by atoms with E-state index in [2.05, 4.69) is 30.6 Å². The Bertz CT molecular complexity index is 1300. The molecule has 1 unspecified atom stereocenters. The minimum Gasteiger partial charge on any atom is -0.495 e. The number of hydrogen-bond donors (Lipinski definition) is 5. The number of guanidine groups is 1. The van der Waals surface area contributed by atoms with Gasteiger partial charge in [-0.1, -0.05) is 18.2 Å². The second-order valence-electron chi connectivity index (χ2n) is 9.36. The molecular formula is C26H34N6O6S. The lowest BCUT2D eigenvalue weighted by Crippen LogP contribution is -2.50. The maximum Gasteiger partial charge on any atom is 0.306 e. The zero-order valence-electron chi connectivity index (χ0n) is 21.7. The van der Waals surface area contributed by atoms with Crippen LogP contribution in [-0.2, 0) is 14.8 Å². The fourth-order valence-electron chi connectivity index (χ4n) is 4.56. The molecule has 13 heteroatoms. The molecule has 2 aliphatic rings. The van der Waals surface area contributed by atoms with Gasteiger partial charge in [0.25, 0.3) is 5.91 Å². The molecule has 2 aliphatic heterocycles. The van der Waals surface area contributed by atoms with E-state index in [1.165, 1.54) is 19.2 Å². The largest absolute Gasteiger partial charge is 0.495 e. The summed E-state index contributed by atoms with van der Waals surface area (Å²) in [6.45, 7) is 3.34. The number of amides is 1. The summed E-state index contributed by atoms with van der Waals surface area (Å²) in [6.07, 6.45) is 0.856. The maximum absolute atomic E-state index is 13.0. The van der Waals surface area contributed by atoms with Gasteiger partial charge >= 0.3 is 5.97 Å². The fraction of sp³-hybridized carbons (Fsp3) is 0.423. The Labute approximate surface area is 227 Å². The highest BCUT2D eigenvalue weighted by Gasteiger charge is 2.26. The van der Waals surface area contributed by atoms with Crippen molar-refractivity contribution in [3.8, 4) is 5.75 Å². The number of sulfonamides is 1. The molecule has 0 bridgehead atoms. The highest BCUT2D eigenvalue weighted by Crippen LogP contribution is 2.31. The number of rotatable bonds is 10. The van der Waals surface area contributed by atoms with E-state index in [4.69, 9.17) is 4.74 Å². The Balaban J connectivity index is 1.41. The molecule has 39 heavy (non-hydrogen) atoms. The second-order valence-corrected chi connectivity index (χ2v) is 11.1. The first-order chi connectivity index (χ1) is 18.7. The number of nitrogens with one attached hydrogen (secondary N) is 4. The highest BCUT2D eigenvalue weighted by molar-refractivity contribution is 7.89. The van der Waals surface area contributed by atoms with Gasteiger partial charge in [-0.3, -0.25) is 14.6 Å². The number of anilines is 1. The highest BCUT2D eigenvalue weighted by atomic mass is 32.2. The number of carbonyl (C=O) groups excluding carboxylic acids is 1. The first-order valence-electron chi connectivity index (χ1n) is 12.8. The third-order valence-electron chi connectivity index (χ3n) is 6.55. The van der Waals surface area contributed by atoms with Crippen molar-refractivity contribution in [1.82, 2.24) is 20.7 Å². The number of carbonyl (C=O) groups is 2. The van der Waals surface area contributed by atoms with Crippen LogP contribution in [0.25, 0.3) is 0 Å². The van der Waals surface area contributed by atoms with Crippen molar-refractivity contribution in [2.45, 2.75) is 42.8 Å². The van der Waals surface area contributed by atoms with E-state index in [0.717, 1.165) is 57.1 Å². The molecule has 0 spiro atoms. The normalized spacial score (nSPS) is 16.9. The van der Waals surface area contributed by atoms with Gasteiger partial charge in [0.1, 0.15) is 11.9 Å².